The van der Waals surface area contributed by atoms with Gasteiger partial charge in [0.15, 0.2) is 5.17 Å². The number of nitrogens with zero attached hydrogens (tertiary/aromatic N) is 2. The van der Waals surface area contributed by atoms with Crippen LogP contribution in [0.2, 0.25) is 10.0 Å². The number of rotatable bonds is 5. The van der Waals surface area contributed by atoms with Crippen LogP contribution in [-0.4, -0.2) is 27.1 Å². The number of carbonyl (C=O) groups excluding carboxylic acids is 2. The first kappa shape index (κ1) is 23.3. The molecule has 0 aliphatic carbocycles. The minimum absolute atomic E-state index is 0.00209. The van der Waals surface area contributed by atoms with Gasteiger partial charge in [-0.05, 0) is 60.2 Å². The fourth-order valence-electron chi connectivity index (χ4n) is 3.18. The highest BCUT2D eigenvalue weighted by Crippen LogP contribution is 2.31. The molecule has 3 aromatic carbocycles. The number of halogens is 3. The second-order valence-corrected chi connectivity index (χ2v) is 9.33. The molecule has 1 aliphatic rings. The third kappa shape index (κ3) is 6.13. The average Bonchev–Trinajstić information content (AvgIpc) is 2.78. The van der Waals surface area contributed by atoms with E-state index < -0.39 is 5.25 Å². The Morgan fingerprint density at radius 2 is 1.79 bits per heavy atom. The third-order valence-electron chi connectivity index (χ3n) is 4.83. The standard InChI is InChI=1S/C24H18Cl2FN3O2S/c25-16-6-10-19(11-7-16)29-24-30(14-15-4-8-18(27)9-5-15)22(31)13-21(33-24)23(32)28-20-3-1-2-17(26)12-20/h1-12,21H,13-14H2,(H,28,32). The Bertz CT molecular complexity index is 1200. The summed E-state index contributed by atoms with van der Waals surface area (Å²) in [5.74, 6) is -0.927. The first-order valence-corrected chi connectivity index (χ1v) is 11.6. The van der Waals surface area contributed by atoms with E-state index in [1.165, 1.54) is 28.8 Å². The Morgan fingerprint density at radius 1 is 1.06 bits per heavy atom. The van der Waals surface area contributed by atoms with Crippen molar-refractivity contribution in [2.24, 2.45) is 4.99 Å². The topological polar surface area (TPSA) is 61.8 Å². The maximum absolute atomic E-state index is 13.3. The number of carbonyl (C=O) groups is 2. The van der Waals surface area contributed by atoms with Crippen molar-refractivity contribution in [3.05, 3.63) is 94.2 Å². The lowest BCUT2D eigenvalue weighted by Crippen LogP contribution is -2.44. The second kappa shape index (κ2) is 10.4. The van der Waals surface area contributed by atoms with Gasteiger partial charge in [-0.2, -0.15) is 0 Å². The van der Waals surface area contributed by atoms with Gasteiger partial charge >= 0.3 is 0 Å². The minimum Gasteiger partial charge on any atom is -0.325 e. The SMILES string of the molecule is O=C(Nc1cccc(Cl)c1)C1CC(=O)N(Cc2ccc(F)cc2)C(=Nc2ccc(Cl)cc2)S1. The number of thioether (sulfide) groups is 1. The molecule has 1 saturated heterocycles. The van der Waals surface area contributed by atoms with Crippen LogP contribution >= 0.6 is 35.0 Å². The number of amidine groups is 1. The van der Waals surface area contributed by atoms with Crippen molar-refractivity contribution in [2.45, 2.75) is 18.2 Å². The molecule has 1 aliphatic heterocycles. The summed E-state index contributed by atoms with van der Waals surface area (Å²) in [4.78, 5) is 32.1. The Balaban J connectivity index is 1.59. The first-order chi connectivity index (χ1) is 15.9. The van der Waals surface area contributed by atoms with E-state index in [4.69, 9.17) is 23.2 Å². The largest absolute Gasteiger partial charge is 0.325 e. The van der Waals surface area contributed by atoms with Gasteiger partial charge < -0.3 is 5.32 Å². The number of nitrogens with one attached hydrogen (secondary N) is 1. The van der Waals surface area contributed by atoms with Gasteiger partial charge in [-0.3, -0.25) is 14.5 Å². The van der Waals surface area contributed by atoms with Crippen molar-refractivity contribution in [2.75, 3.05) is 5.32 Å². The maximum atomic E-state index is 13.3. The summed E-state index contributed by atoms with van der Waals surface area (Å²) in [6.07, 6.45) is -0.00209. The molecule has 9 heteroatoms. The summed E-state index contributed by atoms with van der Waals surface area (Å²) in [7, 11) is 0. The van der Waals surface area contributed by atoms with Crippen LogP contribution in [0.5, 0.6) is 0 Å². The van der Waals surface area contributed by atoms with Crippen LogP contribution in [0.1, 0.15) is 12.0 Å². The number of aliphatic imine (C=N–C) groups is 1. The molecule has 33 heavy (non-hydrogen) atoms. The summed E-state index contributed by atoms with van der Waals surface area (Å²) >= 11 is 13.2. The van der Waals surface area contributed by atoms with E-state index in [2.05, 4.69) is 10.3 Å². The normalized spacial score (nSPS) is 17.3. The summed E-state index contributed by atoms with van der Waals surface area (Å²) in [6.45, 7) is 0.209. The van der Waals surface area contributed by atoms with Crippen molar-refractivity contribution < 1.29 is 14.0 Å². The van der Waals surface area contributed by atoms with Crippen LogP contribution in [0.3, 0.4) is 0 Å². The van der Waals surface area contributed by atoms with Gasteiger partial charge in [-0.1, -0.05) is 53.2 Å². The van der Waals surface area contributed by atoms with Crippen molar-refractivity contribution >= 4 is 63.3 Å². The molecule has 1 heterocycles. The summed E-state index contributed by atoms with van der Waals surface area (Å²) < 4.78 is 13.3. The number of hydrogen-bond acceptors (Lipinski definition) is 4. The molecular weight excluding hydrogens is 484 g/mol. The lowest BCUT2D eigenvalue weighted by Gasteiger charge is -2.32. The van der Waals surface area contributed by atoms with E-state index in [9.17, 15) is 14.0 Å². The number of benzene rings is 3. The van der Waals surface area contributed by atoms with Gasteiger partial charge in [-0.15, -0.1) is 0 Å². The van der Waals surface area contributed by atoms with Crippen LogP contribution in [0, 0.1) is 5.82 Å². The van der Waals surface area contributed by atoms with Gasteiger partial charge in [0.2, 0.25) is 11.8 Å². The Morgan fingerprint density at radius 3 is 2.48 bits per heavy atom. The van der Waals surface area contributed by atoms with E-state index in [0.29, 0.717) is 26.6 Å². The fourth-order valence-corrected chi connectivity index (χ4v) is 4.60. The van der Waals surface area contributed by atoms with E-state index in [1.54, 1.807) is 60.7 Å². The molecule has 0 radical (unpaired) electrons. The highest BCUT2D eigenvalue weighted by Gasteiger charge is 2.36. The monoisotopic (exact) mass is 501 g/mol. The summed E-state index contributed by atoms with van der Waals surface area (Å²) in [6, 6.07) is 19.6. The van der Waals surface area contributed by atoms with Crippen molar-refractivity contribution in [1.29, 1.82) is 0 Å². The van der Waals surface area contributed by atoms with Crippen LogP contribution in [-0.2, 0) is 16.1 Å². The molecule has 0 bridgehead atoms. The predicted octanol–water partition coefficient (Wildman–Crippen LogP) is 6.29. The molecule has 3 aromatic rings. The highest BCUT2D eigenvalue weighted by molar-refractivity contribution is 8.15. The summed E-state index contributed by atoms with van der Waals surface area (Å²) in [5, 5.41) is 3.57. The van der Waals surface area contributed by atoms with Gasteiger partial charge in [0.25, 0.3) is 0 Å². The van der Waals surface area contributed by atoms with Gasteiger partial charge in [-0.25, -0.2) is 9.38 Å². The molecule has 5 nitrogen and oxygen atoms in total. The smallest absolute Gasteiger partial charge is 0.238 e. The zero-order valence-corrected chi connectivity index (χ0v) is 19.5. The number of amides is 2. The zero-order chi connectivity index (χ0) is 23.4. The molecular formula is C24H18Cl2FN3O2S. The molecule has 0 aromatic heterocycles. The number of anilines is 1. The molecule has 1 unspecified atom stereocenters. The first-order valence-electron chi connectivity index (χ1n) is 9.99. The van der Waals surface area contributed by atoms with Crippen LogP contribution in [0.4, 0.5) is 15.8 Å². The lowest BCUT2D eigenvalue weighted by atomic mass is 10.2. The van der Waals surface area contributed by atoms with Crippen LogP contribution in [0.25, 0.3) is 0 Å². The van der Waals surface area contributed by atoms with E-state index in [1.807, 2.05) is 0 Å². The van der Waals surface area contributed by atoms with E-state index in [-0.39, 0.29) is 30.6 Å². The zero-order valence-electron chi connectivity index (χ0n) is 17.2. The fraction of sp³-hybridized carbons (Fsp3) is 0.125. The van der Waals surface area contributed by atoms with E-state index in [0.717, 1.165) is 5.56 Å². The Hall–Kier alpha value is -2.87. The van der Waals surface area contributed by atoms with Gasteiger partial charge in [0.05, 0.1) is 12.2 Å². The second-order valence-electron chi connectivity index (χ2n) is 7.29. The molecule has 0 saturated carbocycles. The molecule has 2 amide bonds. The average molecular weight is 502 g/mol. The molecule has 168 valence electrons. The summed E-state index contributed by atoms with van der Waals surface area (Å²) in [5.41, 5.74) is 1.89. The Kier molecular flexibility index (Phi) is 7.33. The van der Waals surface area contributed by atoms with Crippen LogP contribution < -0.4 is 5.32 Å². The van der Waals surface area contributed by atoms with Crippen LogP contribution in [0.15, 0.2) is 77.8 Å². The van der Waals surface area contributed by atoms with Crippen molar-refractivity contribution in [1.82, 2.24) is 4.90 Å². The minimum atomic E-state index is -0.674. The molecule has 1 atom stereocenters. The quantitative estimate of drug-likeness (QED) is 0.446. The molecule has 1 N–H and O–H groups in total. The van der Waals surface area contributed by atoms with E-state index >= 15 is 0 Å². The molecule has 0 spiro atoms. The van der Waals surface area contributed by atoms with Crippen molar-refractivity contribution in [3.63, 3.8) is 0 Å². The van der Waals surface area contributed by atoms with Gasteiger partial charge in [0.1, 0.15) is 11.1 Å². The Labute approximate surface area is 204 Å². The lowest BCUT2D eigenvalue weighted by molar-refractivity contribution is -0.129. The third-order valence-corrected chi connectivity index (χ3v) is 6.50. The van der Waals surface area contributed by atoms with Crippen molar-refractivity contribution in [3.8, 4) is 0 Å². The molecule has 4 rings (SSSR count). The predicted molar refractivity (Wildman–Crippen MR) is 132 cm³/mol. The molecule has 1 fully saturated rings. The highest BCUT2D eigenvalue weighted by atomic mass is 35.5. The maximum Gasteiger partial charge on any atom is 0.238 e. The number of hydrogen-bond donors (Lipinski definition) is 1. The van der Waals surface area contributed by atoms with Gasteiger partial charge in [0, 0.05) is 22.2 Å².